The predicted molar refractivity (Wildman–Crippen MR) is 47.3 cm³/mol. The molecule has 112 valence electrons. The average molecular weight is 315 g/mol. The van der Waals surface area contributed by atoms with Gasteiger partial charge in [-0.05, 0) is 6.42 Å². The van der Waals surface area contributed by atoms with Crippen molar-refractivity contribution in [3.63, 3.8) is 0 Å². The quantitative estimate of drug-likeness (QED) is 0.776. The van der Waals surface area contributed by atoms with Crippen LogP contribution in [-0.4, -0.2) is 48.6 Å². The Morgan fingerprint density at radius 1 is 1.16 bits per heavy atom. The Labute approximate surface area is 102 Å². The number of alkyl halides is 6. The van der Waals surface area contributed by atoms with E-state index in [9.17, 15) is 39.6 Å². The van der Waals surface area contributed by atoms with E-state index in [2.05, 4.69) is 0 Å². The molecule has 0 aromatic carbocycles. The van der Waals surface area contributed by atoms with Crippen molar-refractivity contribution in [3.8, 4) is 0 Å². The number of halogens is 6. The number of aliphatic carboxylic acids is 1. The highest BCUT2D eigenvalue weighted by atomic mass is 32.2. The molecular formula is C7H7F6NO4S. The molecular weight excluding hydrogens is 308 g/mol. The van der Waals surface area contributed by atoms with Gasteiger partial charge in [0.1, 0.15) is 0 Å². The van der Waals surface area contributed by atoms with Gasteiger partial charge in [0, 0.05) is 13.1 Å². The third kappa shape index (κ3) is 2.38. The van der Waals surface area contributed by atoms with Gasteiger partial charge in [0.25, 0.3) is 0 Å². The minimum Gasteiger partial charge on any atom is -0.481 e. The number of carboxylic acids is 1. The second-order valence-electron chi connectivity index (χ2n) is 3.92. The zero-order valence-electron chi connectivity index (χ0n) is 8.92. The maximum absolute atomic E-state index is 12.6. The Morgan fingerprint density at radius 2 is 1.63 bits per heavy atom. The maximum Gasteiger partial charge on any atom is 0.511 e. The van der Waals surface area contributed by atoms with Crippen LogP contribution in [0.25, 0.3) is 0 Å². The molecule has 0 radical (unpaired) electrons. The summed E-state index contributed by atoms with van der Waals surface area (Å²) in [5, 5.41) is 8.56. The molecule has 12 heteroatoms. The van der Waals surface area contributed by atoms with Crippen molar-refractivity contribution in [1.29, 1.82) is 0 Å². The molecule has 1 N–H and O–H groups in total. The Balaban J connectivity index is 3.16. The van der Waals surface area contributed by atoms with Crippen LogP contribution in [0.2, 0.25) is 0 Å². The van der Waals surface area contributed by atoms with Gasteiger partial charge in [-0.25, -0.2) is 8.42 Å². The molecule has 1 aliphatic heterocycles. The molecule has 1 aliphatic rings. The Kier molecular flexibility index (Phi) is 3.57. The summed E-state index contributed by atoms with van der Waals surface area (Å²) in [6, 6.07) is 0. The summed E-state index contributed by atoms with van der Waals surface area (Å²) in [5.74, 6) is -2.40. The summed E-state index contributed by atoms with van der Waals surface area (Å²) in [7, 11) is -5.97. The smallest absolute Gasteiger partial charge is 0.481 e. The highest BCUT2D eigenvalue weighted by Crippen LogP contribution is 2.47. The monoisotopic (exact) mass is 315 g/mol. The molecule has 0 bridgehead atoms. The molecule has 1 saturated heterocycles. The molecule has 0 aromatic heterocycles. The van der Waals surface area contributed by atoms with E-state index in [0.717, 1.165) is 0 Å². The van der Waals surface area contributed by atoms with Crippen molar-refractivity contribution < 1.29 is 44.7 Å². The molecule has 1 atom stereocenters. The summed E-state index contributed by atoms with van der Waals surface area (Å²) >= 11 is 0. The molecule has 19 heavy (non-hydrogen) atoms. The van der Waals surface area contributed by atoms with E-state index in [4.69, 9.17) is 5.11 Å². The van der Waals surface area contributed by atoms with Crippen molar-refractivity contribution in [2.45, 2.75) is 18.1 Å². The fourth-order valence-corrected chi connectivity index (χ4v) is 2.67. The lowest BCUT2D eigenvalue weighted by Gasteiger charge is -2.27. The minimum absolute atomic E-state index is 0.505. The Morgan fingerprint density at radius 3 is 1.89 bits per heavy atom. The summed E-state index contributed by atoms with van der Waals surface area (Å²) < 4.78 is 95.8. The average Bonchev–Trinajstić information content (AvgIpc) is 2.60. The second-order valence-corrected chi connectivity index (χ2v) is 5.85. The Hall–Kier alpha value is -1.04. The zero-order chi connectivity index (χ0) is 15.3. The van der Waals surface area contributed by atoms with Crippen LogP contribution in [0, 0.1) is 5.41 Å². The van der Waals surface area contributed by atoms with Crippen LogP contribution in [0.5, 0.6) is 0 Å². The highest BCUT2D eigenvalue weighted by molar-refractivity contribution is 7.90. The van der Waals surface area contributed by atoms with E-state index >= 15 is 0 Å². The van der Waals surface area contributed by atoms with Crippen molar-refractivity contribution >= 4 is 16.0 Å². The molecule has 0 saturated carbocycles. The molecule has 0 aliphatic carbocycles. The summed E-state index contributed by atoms with van der Waals surface area (Å²) in [6.07, 6.45) is -6.62. The predicted octanol–water partition coefficient (Wildman–Crippen LogP) is 1.18. The molecule has 0 amide bonds. The van der Waals surface area contributed by atoms with E-state index < -0.39 is 56.9 Å². The summed E-state index contributed by atoms with van der Waals surface area (Å²) in [5.41, 5.74) is -9.28. The molecule has 0 spiro atoms. The van der Waals surface area contributed by atoms with Gasteiger partial charge in [-0.2, -0.15) is 30.6 Å². The molecule has 1 rings (SSSR count). The third-order valence-corrected chi connectivity index (χ3v) is 4.40. The number of rotatable bonds is 2. The van der Waals surface area contributed by atoms with E-state index in [1.807, 2.05) is 0 Å². The first-order chi connectivity index (χ1) is 8.26. The number of carboxylic acid groups (broad SMARTS) is 1. The number of carbonyl (C=O) groups is 1. The van der Waals surface area contributed by atoms with Gasteiger partial charge in [0.05, 0.1) is 0 Å². The highest BCUT2D eigenvalue weighted by Gasteiger charge is 2.67. The number of nitrogens with zero attached hydrogens (tertiary/aromatic N) is 1. The second kappa shape index (κ2) is 4.23. The van der Waals surface area contributed by atoms with Gasteiger partial charge in [-0.3, -0.25) is 4.79 Å². The normalized spacial score (nSPS) is 26.6. The van der Waals surface area contributed by atoms with E-state index in [0.29, 0.717) is 0 Å². The largest absolute Gasteiger partial charge is 0.511 e. The van der Waals surface area contributed by atoms with E-state index in [-0.39, 0.29) is 0 Å². The molecule has 0 aromatic rings. The first-order valence-electron chi connectivity index (χ1n) is 4.62. The molecule has 1 fully saturated rings. The van der Waals surface area contributed by atoms with Crippen LogP contribution in [0.4, 0.5) is 26.3 Å². The third-order valence-electron chi connectivity index (χ3n) is 2.82. The van der Waals surface area contributed by atoms with Crippen LogP contribution in [0.1, 0.15) is 6.42 Å². The zero-order valence-corrected chi connectivity index (χ0v) is 9.73. The van der Waals surface area contributed by atoms with Crippen LogP contribution in [0.15, 0.2) is 0 Å². The minimum atomic E-state index is -5.97. The summed E-state index contributed by atoms with van der Waals surface area (Å²) in [4.78, 5) is 10.7. The summed E-state index contributed by atoms with van der Waals surface area (Å²) in [6.45, 7) is -2.94. The lowest BCUT2D eigenvalue weighted by Crippen LogP contribution is -2.49. The van der Waals surface area contributed by atoms with Crippen LogP contribution in [-0.2, 0) is 14.8 Å². The lowest BCUT2D eigenvalue weighted by molar-refractivity contribution is -0.226. The number of sulfonamides is 1. The Bertz CT molecular complexity index is 483. The fourth-order valence-electron chi connectivity index (χ4n) is 1.65. The van der Waals surface area contributed by atoms with Gasteiger partial charge in [-0.15, -0.1) is 0 Å². The standard InChI is InChI=1S/C7H7F6NO4S/c8-6(9,10)5(4(15)16)1-2-14(3-5)19(17,18)7(11,12)13/h1-3H2,(H,15,16). The topological polar surface area (TPSA) is 74.7 Å². The SMILES string of the molecule is O=C(O)C1(C(F)(F)F)CCN(S(=O)(=O)C(F)(F)F)C1. The van der Waals surface area contributed by atoms with Crippen molar-refractivity contribution in [3.05, 3.63) is 0 Å². The van der Waals surface area contributed by atoms with Crippen molar-refractivity contribution in [2.75, 3.05) is 13.1 Å². The van der Waals surface area contributed by atoms with Crippen LogP contribution >= 0.6 is 0 Å². The van der Waals surface area contributed by atoms with E-state index in [1.165, 1.54) is 0 Å². The number of hydrogen-bond acceptors (Lipinski definition) is 3. The van der Waals surface area contributed by atoms with Gasteiger partial charge in [0.2, 0.25) is 0 Å². The molecule has 1 heterocycles. The first kappa shape index (κ1) is 16.0. The van der Waals surface area contributed by atoms with Gasteiger partial charge in [0.15, 0.2) is 5.41 Å². The van der Waals surface area contributed by atoms with E-state index in [1.54, 1.807) is 0 Å². The van der Waals surface area contributed by atoms with Crippen LogP contribution < -0.4 is 0 Å². The number of hydrogen-bond donors (Lipinski definition) is 1. The lowest BCUT2D eigenvalue weighted by atomic mass is 9.86. The van der Waals surface area contributed by atoms with Crippen molar-refractivity contribution in [2.24, 2.45) is 5.41 Å². The van der Waals surface area contributed by atoms with Gasteiger partial charge >= 0.3 is 27.7 Å². The van der Waals surface area contributed by atoms with Crippen LogP contribution in [0.3, 0.4) is 0 Å². The van der Waals surface area contributed by atoms with Gasteiger partial charge in [-0.1, -0.05) is 0 Å². The maximum atomic E-state index is 12.6. The molecule has 1 unspecified atom stereocenters. The van der Waals surface area contributed by atoms with Crippen molar-refractivity contribution in [1.82, 2.24) is 4.31 Å². The first-order valence-corrected chi connectivity index (χ1v) is 6.06. The molecule has 5 nitrogen and oxygen atoms in total. The van der Waals surface area contributed by atoms with Gasteiger partial charge < -0.3 is 5.11 Å². The fraction of sp³-hybridized carbons (Fsp3) is 0.857.